The average Bonchev–Trinajstić information content (AvgIpc) is 2.59. The van der Waals surface area contributed by atoms with E-state index in [1.807, 2.05) is 0 Å². The van der Waals surface area contributed by atoms with Crippen molar-refractivity contribution >= 4 is 23.2 Å². The minimum atomic E-state index is -4.63. The van der Waals surface area contributed by atoms with Crippen LogP contribution < -0.4 is 0 Å². The first-order valence-corrected chi connectivity index (χ1v) is 5.75. The number of aryl methyl sites for hydroxylation is 1. The lowest BCUT2D eigenvalue weighted by atomic mass is 10.2. The van der Waals surface area contributed by atoms with Crippen LogP contribution in [0.15, 0.2) is 10.8 Å². The summed E-state index contributed by atoms with van der Waals surface area (Å²) in [5, 5.41) is 11.6. The van der Waals surface area contributed by atoms with Gasteiger partial charge in [-0.2, -0.15) is 24.5 Å². The molecule has 1 amide bonds. The van der Waals surface area contributed by atoms with Gasteiger partial charge >= 0.3 is 12.1 Å². The summed E-state index contributed by atoms with van der Waals surface area (Å²) in [5.74, 6) is -2.41. The number of nitrogens with zero attached hydrogens (tertiary/aromatic N) is 1. The van der Waals surface area contributed by atoms with Crippen LogP contribution in [0, 0.1) is 6.92 Å². The Balaban J connectivity index is 2.93. The van der Waals surface area contributed by atoms with E-state index in [4.69, 9.17) is 5.11 Å². The molecule has 0 aliphatic heterocycles. The Labute approximate surface area is 105 Å². The molecule has 0 radical (unpaired) electrons. The van der Waals surface area contributed by atoms with Gasteiger partial charge in [0.2, 0.25) is 0 Å². The minimum absolute atomic E-state index is 0.102. The van der Waals surface area contributed by atoms with Gasteiger partial charge in [-0.15, -0.1) is 0 Å². The molecule has 0 spiro atoms. The molecule has 0 aromatic carbocycles. The number of amides is 1. The van der Waals surface area contributed by atoms with E-state index in [0.717, 1.165) is 0 Å². The highest BCUT2D eigenvalue weighted by Crippen LogP contribution is 2.20. The van der Waals surface area contributed by atoms with Crippen LogP contribution in [0.2, 0.25) is 0 Å². The third-order valence-corrected chi connectivity index (χ3v) is 2.93. The molecule has 1 rings (SSSR count). The van der Waals surface area contributed by atoms with Crippen LogP contribution >= 0.6 is 11.3 Å². The maximum atomic E-state index is 12.3. The average molecular weight is 281 g/mol. The van der Waals surface area contributed by atoms with Crippen LogP contribution in [0.4, 0.5) is 13.2 Å². The molecule has 0 saturated heterocycles. The first-order valence-electron chi connectivity index (χ1n) is 4.81. The summed E-state index contributed by atoms with van der Waals surface area (Å²) in [5.41, 5.74) is 0.632. The molecule has 0 aliphatic rings. The number of rotatable bonds is 4. The predicted octanol–water partition coefficient (Wildman–Crippen LogP) is 2.15. The number of carbonyl (C=O) groups is 2. The third kappa shape index (κ3) is 4.02. The highest BCUT2D eigenvalue weighted by molar-refractivity contribution is 7.08. The molecule has 0 fully saturated rings. The second kappa shape index (κ2) is 5.38. The van der Waals surface area contributed by atoms with Crippen molar-refractivity contribution in [1.82, 2.24) is 4.90 Å². The number of hydrogen-bond donors (Lipinski definition) is 1. The van der Waals surface area contributed by atoms with Crippen LogP contribution in [-0.4, -0.2) is 41.1 Å². The Morgan fingerprint density at radius 1 is 1.39 bits per heavy atom. The first kappa shape index (κ1) is 14.5. The fraction of sp³-hybridized carbons (Fsp3) is 0.400. The lowest BCUT2D eigenvalue weighted by Crippen LogP contribution is -2.42. The highest BCUT2D eigenvalue weighted by Gasteiger charge is 2.34. The smallest absolute Gasteiger partial charge is 0.406 e. The van der Waals surface area contributed by atoms with E-state index in [0.29, 0.717) is 5.56 Å². The fourth-order valence-electron chi connectivity index (χ4n) is 1.33. The molecule has 0 saturated carbocycles. The number of thiophene rings is 1. The maximum absolute atomic E-state index is 12.3. The predicted molar refractivity (Wildman–Crippen MR) is 58.7 cm³/mol. The summed E-state index contributed by atoms with van der Waals surface area (Å²) >= 11 is 1.17. The second-order valence-electron chi connectivity index (χ2n) is 3.64. The quantitative estimate of drug-likeness (QED) is 0.920. The summed E-state index contributed by atoms with van der Waals surface area (Å²) in [6.45, 7) is -0.975. The number of hydrogen-bond acceptors (Lipinski definition) is 3. The summed E-state index contributed by atoms with van der Waals surface area (Å²) in [6.07, 6.45) is -4.63. The van der Waals surface area contributed by atoms with Gasteiger partial charge in [-0.1, -0.05) is 0 Å². The van der Waals surface area contributed by atoms with E-state index in [-0.39, 0.29) is 10.5 Å². The number of aliphatic carboxylic acids is 1. The van der Waals surface area contributed by atoms with Crippen LogP contribution in [0.5, 0.6) is 0 Å². The number of alkyl halides is 3. The van der Waals surface area contributed by atoms with Crippen molar-refractivity contribution < 1.29 is 27.9 Å². The Kier molecular flexibility index (Phi) is 4.33. The molecule has 0 bridgehead atoms. The van der Waals surface area contributed by atoms with E-state index in [9.17, 15) is 22.8 Å². The second-order valence-corrected chi connectivity index (χ2v) is 4.38. The molecule has 18 heavy (non-hydrogen) atoms. The van der Waals surface area contributed by atoms with Crippen molar-refractivity contribution in [2.24, 2.45) is 0 Å². The highest BCUT2D eigenvalue weighted by atomic mass is 32.1. The normalized spacial score (nSPS) is 11.3. The van der Waals surface area contributed by atoms with Gasteiger partial charge in [0, 0.05) is 5.38 Å². The number of carboxylic acids is 1. The Morgan fingerprint density at radius 2 is 2.00 bits per heavy atom. The van der Waals surface area contributed by atoms with Crippen molar-refractivity contribution in [2.45, 2.75) is 13.1 Å². The van der Waals surface area contributed by atoms with Crippen molar-refractivity contribution in [1.29, 1.82) is 0 Å². The monoisotopic (exact) mass is 281 g/mol. The number of halogens is 3. The summed E-state index contributed by atoms with van der Waals surface area (Å²) in [6, 6.07) is 0. The van der Waals surface area contributed by atoms with Gasteiger partial charge in [-0.3, -0.25) is 9.59 Å². The van der Waals surface area contributed by atoms with Crippen LogP contribution in [-0.2, 0) is 4.79 Å². The summed E-state index contributed by atoms with van der Waals surface area (Å²) < 4.78 is 36.8. The molecule has 8 heteroatoms. The number of carboxylic acid groups (broad SMARTS) is 1. The SMILES string of the molecule is Cc1cscc1C(=O)N(CC(=O)O)CC(F)(F)F. The summed E-state index contributed by atoms with van der Waals surface area (Å²) in [4.78, 5) is 22.6. The van der Waals surface area contributed by atoms with E-state index in [2.05, 4.69) is 0 Å². The van der Waals surface area contributed by atoms with Crippen molar-refractivity contribution in [3.05, 3.63) is 21.9 Å². The van der Waals surface area contributed by atoms with Gasteiger partial charge in [0.25, 0.3) is 5.91 Å². The van der Waals surface area contributed by atoms with E-state index in [1.54, 1.807) is 12.3 Å². The fourth-order valence-corrected chi connectivity index (χ4v) is 2.15. The van der Waals surface area contributed by atoms with Crippen molar-refractivity contribution in [3.63, 3.8) is 0 Å². The zero-order valence-electron chi connectivity index (χ0n) is 9.32. The van der Waals surface area contributed by atoms with Crippen LogP contribution in [0.1, 0.15) is 15.9 Å². The lowest BCUT2D eigenvalue weighted by Gasteiger charge is -2.22. The topological polar surface area (TPSA) is 57.6 Å². The van der Waals surface area contributed by atoms with E-state index in [1.165, 1.54) is 16.7 Å². The Bertz CT molecular complexity index is 455. The molecule has 1 aromatic heterocycles. The van der Waals surface area contributed by atoms with Gasteiger partial charge in [-0.25, -0.2) is 0 Å². The molecular weight excluding hydrogens is 271 g/mol. The molecule has 100 valence electrons. The molecule has 1 heterocycles. The molecule has 1 aromatic rings. The largest absolute Gasteiger partial charge is 0.480 e. The van der Waals surface area contributed by atoms with Gasteiger partial charge in [0.15, 0.2) is 0 Å². The van der Waals surface area contributed by atoms with E-state index >= 15 is 0 Å². The zero-order chi connectivity index (χ0) is 13.9. The molecule has 4 nitrogen and oxygen atoms in total. The molecule has 1 N–H and O–H groups in total. The molecular formula is C10H10F3NO3S. The van der Waals surface area contributed by atoms with Gasteiger partial charge in [0.1, 0.15) is 13.1 Å². The molecule has 0 unspecified atom stereocenters. The van der Waals surface area contributed by atoms with Gasteiger partial charge < -0.3 is 10.0 Å². The van der Waals surface area contributed by atoms with Crippen molar-refractivity contribution in [3.8, 4) is 0 Å². The molecule has 0 atom stereocenters. The first-order chi connectivity index (χ1) is 8.20. The lowest BCUT2D eigenvalue weighted by molar-refractivity contribution is -0.149. The Morgan fingerprint density at radius 3 is 2.39 bits per heavy atom. The standard InChI is InChI=1S/C10H10F3NO3S/c1-6-3-18-4-7(6)9(17)14(2-8(15)16)5-10(11,12)13/h3-4H,2,5H2,1H3,(H,15,16). The summed E-state index contributed by atoms with van der Waals surface area (Å²) in [7, 11) is 0. The molecule has 0 aliphatic carbocycles. The zero-order valence-corrected chi connectivity index (χ0v) is 10.1. The maximum Gasteiger partial charge on any atom is 0.406 e. The van der Waals surface area contributed by atoms with Crippen LogP contribution in [0.25, 0.3) is 0 Å². The van der Waals surface area contributed by atoms with Crippen molar-refractivity contribution in [2.75, 3.05) is 13.1 Å². The van der Waals surface area contributed by atoms with Crippen LogP contribution in [0.3, 0.4) is 0 Å². The van der Waals surface area contributed by atoms with Gasteiger partial charge in [0.05, 0.1) is 5.56 Å². The number of carbonyl (C=O) groups excluding carboxylic acids is 1. The Hall–Kier alpha value is -1.57. The van der Waals surface area contributed by atoms with Gasteiger partial charge in [-0.05, 0) is 17.9 Å². The minimum Gasteiger partial charge on any atom is -0.480 e. The third-order valence-electron chi connectivity index (χ3n) is 2.07. The van der Waals surface area contributed by atoms with E-state index < -0.39 is 31.1 Å².